The summed E-state index contributed by atoms with van der Waals surface area (Å²) in [4.78, 5) is 8.40. The number of halogens is 1. The lowest BCUT2D eigenvalue weighted by Crippen LogP contribution is -2.03. The van der Waals surface area contributed by atoms with E-state index in [2.05, 4.69) is 29.3 Å². The molecule has 20 heavy (non-hydrogen) atoms. The van der Waals surface area contributed by atoms with Crippen LogP contribution in [-0.2, 0) is 0 Å². The quantitative estimate of drug-likeness (QED) is 0.774. The number of benzene rings is 1. The minimum absolute atomic E-state index is 0.578. The Morgan fingerprint density at radius 2 is 1.95 bits per heavy atom. The molecule has 0 saturated carbocycles. The highest BCUT2D eigenvalue weighted by Crippen LogP contribution is 2.33. The lowest BCUT2D eigenvalue weighted by atomic mass is 10.2. The fraction of sp³-hybridized carbons (Fsp3) is 0.167. The van der Waals surface area contributed by atoms with Crippen molar-refractivity contribution < 1.29 is 0 Å². The van der Waals surface area contributed by atoms with Crippen LogP contribution in [0, 0.1) is 6.92 Å². The molecule has 2 aromatic heterocycles. The fourth-order valence-electron chi connectivity index (χ4n) is 1.89. The van der Waals surface area contributed by atoms with Gasteiger partial charge in [-0.15, -0.1) is 0 Å². The lowest BCUT2D eigenvalue weighted by Gasteiger charge is -2.12. The van der Waals surface area contributed by atoms with Gasteiger partial charge in [-0.1, -0.05) is 11.6 Å². The van der Waals surface area contributed by atoms with Crippen molar-refractivity contribution >= 4 is 51.7 Å². The molecular formula is C12H11ClN6S. The molecule has 0 spiro atoms. The van der Waals surface area contributed by atoms with Gasteiger partial charge in [-0.3, -0.25) is 0 Å². The van der Waals surface area contributed by atoms with Crippen molar-refractivity contribution in [1.82, 2.24) is 18.7 Å². The Morgan fingerprint density at radius 3 is 2.75 bits per heavy atom. The second-order valence-corrected chi connectivity index (χ2v) is 5.06. The Hall–Kier alpha value is -1.99. The molecule has 3 rings (SSSR count). The third kappa shape index (κ3) is 2.14. The molecule has 0 atom stereocenters. The SMILES string of the molecule is CNc1ncnc(Nc2c(Cl)ccc3nsnc23)c1C. The van der Waals surface area contributed by atoms with Crippen LogP contribution in [0.1, 0.15) is 5.56 Å². The van der Waals surface area contributed by atoms with Crippen molar-refractivity contribution in [2.75, 3.05) is 17.7 Å². The first kappa shape index (κ1) is 13.0. The molecule has 6 nitrogen and oxygen atoms in total. The maximum Gasteiger partial charge on any atom is 0.138 e. The van der Waals surface area contributed by atoms with Gasteiger partial charge in [-0.25, -0.2) is 9.97 Å². The van der Waals surface area contributed by atoms with Crippen LogP contribution < -0.4 is 10.6 Å². The number of aromatic nitrogens is 4. The smallest absolute Gasteiger partial charge is 0.138 e. The number of hydrogen-bond acceptors (Lipinski definition) is 7. The van der Waals surface area contributed by atoms with Crippen LogP contribution in [0.3, 0.4) is 0 Å². The molecule has 2 heterocycles. The van der Waals surface area contributed by atoms with Crippen molar-refractivity contribution in [3.8, 4) is 0 Å². The molecule has 0 saturated heterocycles. The van der Waals surface area contributed by atoms with Crippen molar-refractivity contribution in [3.63, 3.8) is 0 Å². The number of nitrogens with one attached hydrogen (secondary N) is 2. The van der Waals surface area contributed by atoms with Gasteiger partial charge in [-0.2, -0.15) is 8.75 Å². The van der Waals surface area contributed by atoms with E-state index in [0.29, 0.717) is 16.5 Å². The number of hydrogen-bond donors (Lipinski definition) is 2. The second-order valence-electron chi connectivity index (χ2n) is 4.13. The summed E-state index contributed by atoms with van der Waals surface area (Å²) in [5, 5.41) is 6.82. The van der Waals surface area contributed by atoms with E-state index in [4.69, 9.17) is 11.6 Å². The van der Waals surface area contributed by atoms with Crippen LogP contribution in [0.25, 0.3) is 11.0 Å². The first-order valence-corrected chi connectivity index (χ1v) is 6.98. The van der Waals surface area contributed by atoms with Gasteiger partial charge in [0, 0.05) is 12.6 Å². The van der Waals surface area contributed by atoms with Crippen molar-refractivity contribution in [2.24, 2.45) is 0 Å². The highest BCUT2D eigenvalue weighted by Gasteiger charge is 2.13. The highest BCUT2D eigenvalue weighted by atomic mass is 35.5. The molecule has 1 aromatic carbocycles. The van der Waals surface area contributed by atoms with Gasteiger partial charge in [0.1, 0.15) is 29.0 Å². The minimum atomic E-state index is 0.578. The molecule has 0 fully saturated rings. The molecule has 0 radical (unpaired) electrons. The number of fused-ring (bicyclic) bond motifs is 1. The van der Waals surface area contributed by atoms with Crippen LogP contribution >= 0.6 is 23.3 Å². The van der Waals surface area contributed by atoms with E-state index < -0.39 is 0 Å². The van der Waals surface area contributed by atoms with Crippen molar-refractivity contribution in [3.05, 3.63) is 29.0 Å². The van der Waals surface area contributed by atoms with Gasteiger partial charge >= 0.3 is 0 Å². The average molecular weight is 307 g/mol. The molecule has 0 aliphatic heterocycles. The van der Waals surface area contributed by atoms with Crippen LogP contribution in [0.2, 0.25) is 5.02 Å². The topological polar surface area (TPSA) is 75.6 Å². The van der Waals surface area contributed by atoms with E-state index in [-0.39, 0.29) is 0 Å². The molecule has 0 aliphatic rings. The first-order chi connectivity index (χ1) is 9.70. The summed E-state index contributed by atoms with van der Waals surface area (Å²) in [5.74, 6) is 1.45. The molecule has 3 aromatic rings. The summed E-state index contributed by atoms with van der Waals surface area (Å²) in [6.07, 6.45) is 1.49. The van der Waals surface area contributed by atoms with E-state index >= 15 is 0 Å². The highest BCUT2D eigenvalue weighted by molar-refractivity contribution is 7.00. The number of rotatable bonds is 3. The van der Waals surface area contributed by atoms with E-state index in [1.807, 2.05) is 20.0 Å². The third-order valence-electron chi connectivity index (χ3n) is 2.94. The summed E-state index contributed by atoms with van der Waals surface area (Å²) >= 11 is 7.41. The predicted octanol–water partition coefficient (Wildman–Crippen LogP) is 3.23. The molecule has 8 heteroatoms. The van der Waals surface area contributed by atoms with E-state index in [1.165, 1.54) is 6.33 Å². The third-order valence-corrected chi connectivity index (χ3v) is 3.80. The zero-order valence-electron chi connectivity index (χ0n) is 10.8. The van der Waals surface area contributed by atoms with Crippen LogP contribution in [0.15, 0.2) is 18.5 Å². The summed E-state index contributed by atoms with van der Waals surface area (Å²) in [5.41, 5.74) is 3.17. The average Bonchev–Trinajstić information content (AvgIpc) is 2.92. The zero-order chi connectivity index (χ0) is 14.1. The molecule has 0 unspecified atom stereocenters. The van der Waals surface area contributed by atoms with E-state index in [0.717, 1.165) is 34.1 Å². The second kappa shape index (κ2) is 5.18. The molecule has 0 bridgehead atoms. The zero-order valence-corrected chi connectivity index (χ0v) is 12.4. The van der Waals surface area contributed by atoms with Gasteiger partial charge in [0.2, 0.25) is 0 Å². The number of anilines is 3. The molecule has 102 valence electrons. The molecule has 0 amide bonds. The normalized spacial score (nSPS) is 10.8. The Balaban J connectivity index is 2.10. The van der Waals surface area contributed by atoms with E-state index in [1.54, 1.807) is 6.07 Å². The molecule has 2 N–H and O–H groups in total. The van der Waals surface area contributed by atoms with Gasteiger partial charge in [-0.05, 0) is 19.1 Å². The monoisotopic (exact) mass is 306 g/mol. The fourth-order valence-corrected chi connectivity index (χ4v) is 2.63. The lowest BCUT2D eigenvalue weighted by molar-refractivity contribution is 1.12. The van der Waals surface area contributed by atoms with Crippen LogP contribution in [0.5, 0.6) is 0 Å². The van der Waals surface area contributed by atoms with Gasteiger partial charge in [0.15, 0.2) is 0 Å². The Bertz CT molecular complexity index is 772. The van der Waals surface area contributed by atoms with Crippen molar-refractivity contribution in [1.29, 1.82) is 0 Å². The predicted molar refractivity (Wildman–Crippen MR) is 82.0 cm³/mol. The van der Waals surface area contributed by atoms with Crippen LogP contribution in [0.4, 0.5) is 17.3 Å². The standard InChI is InChI=1S/C12H11ClN6S/c1-6-11(14-2)15-5-16-12(6)17-9-7(13)3-4-8-10(9)19-20-18-8/h3-5H,1-2H3,(H2,14,15,16,17). The minimum Gasteiger partial charge on any atom is -0.373 e. The summed E-state index contributed by atoms with van der Waals surface area (Å²) in [7, 11) is 1.82. The van der Waals surface area contributed by atoms with Gasteiger partial charge in [0.25, 0.3) is 0 Å². The summed E-state index contributed by atoms with van der Waals surface area (Å²) in [6, 6.07) is 3.64. The Morgan fingerprint density at radius 1 is 1.15 bits per heavy atom. The maximum absolute atomic E-state index is 6.25. The van der Waals surface area contributed by atoms with Crippen molar-refractivity contribution in [2.45, 2.75) is 6.92 Å². The van der Waals surface area contributed by atoms with E-state index in [9.17, 15) is 0 Å². The summed E-state index contributed by atoms with van der Waals surface area (Å²) in [6.45, 7) is 1.93. The first-order valence-electron chi connectivity index (χ1n) is 5.88. The molecule has 0 aliphatic carbocycles. The van der Waals surface area contributed by atoms with Crippen LogP contribution in [-0.4, -0.2) is 25.8 Å². The largest absolute Gasteiger partial charge is 0.373 e. The number of nitrogens with zero attached hydrogens (tertiary/aromatic N) is 4. The maximum atomic E-state index is 6.25. The summed E-state index contributed by atoms with van der Waals surface area (Å²) < 4.78 is 8.48. The molecular weight excluding hydrogens is 296 g/mol. The van der Waals surface area contributed by atoms with Gasteiger partial charge in [0.05, 0.1) is 22.4 Å². The Labute approximate surface area is 124 Å². The van der Waals surface area contributed by atoms with Gasteiger partial charge < -0.3 is 10.6 Å². The Kier molecular flexibility index (Phi) is 3.37.